The fourth-order valence-corrected chi connectivity index (χ4v) is 3.06. The molecule has 1 heterocycles. The zero-order valence-corrected chi connectivity index (χ0v) is 13.2. The van der Waals surface area contributed by atoms with Gasteiger partial charge in [0.2, 0.25) is 11.9 Å². The predicted molar refractivity (Wildman–Crippen MR) is 83.7 cm³/mol. The van der Waals surface area contributed by atoms with E-state index in [1.165, 1.54) is 6.42 Å². The zero-order chi connectivity index (χ0) is 14.4. The first kappa shape index (κ1) is 15.2. The van der Waals surface area contributed by atoms with Crippen LogP contribution in [0, 0.1) is 0 Å². The van der Waals surface area contributed by atoms with Crippen LogP contribution >= 0.6 is 11.8 Å². The largest absolute Gasteiger partial charge is 0.463 e. The molecule has 1 aromatic heterocycles. The monoisotopic (exact) mass is 297 g/mol. The number of ether oxygens (including phenoxy) is 1. The molecule has 1 aliphatic rings. The van der Waals surface area contributed by atoms with Gasteiger partial charge < -0.3 is 15.4 Å². The molecule has 1 saturated carbocycles. The summed E-state index contributed by atoms with van der Waals surface area (Å²) in [7, 11) is 1.79. The van der Waals surface area contributed by atoms with Crippen LogP contribution in [0.5, 0.6) is 6.01 Å². The smallest absolute Gasteiger partial charge is 0.323 e. The summed E-state index contributed by atoms with van der Waals surface area (Å²) in [5, 5.41) is 7.09. The van der Waals surface area contributed by atoms with Crippen molar-refractivity contribution < 1.29 is 4.74 Å². The third kappa shape index (κ3) is 4.13. The topological polar surface area (TPSA) is 72.0 Å². The lowest BCUT2D eigenvalue weighted by Crippen LogP contribution is -2.19. The molecule has 6 nitrogen and oxygen atoms in total. The summed E-state index contributed by atoms with van der Waals surface area (Å²) in [6.07, 6.45) is 6.68. The molecule has 1 aliphatic carbocycles. The van der Waals surface area contributed by atoms with Gasteiger partial charge in [-0.3, -0.25) is 0 Å². The lowest BCUT2D eigenvalue weighted by molar-refractivity contribution is 0.292. The standard InChI is InChI=1S/C13H23N5OS/c1-4-7-19-13-17-11(14-2)16-12(18-13)15-9-5-6-10(8-9)20-3/h9-10H,4-8H2,1-3H3,(H2,14,15,16,17,18). The van der Waals surface area contributed by atoms with Gasteiger partial charge in [0.25, 0.3) is 0 Å². The number of aromatic nitrogens is 3. The van der Waals surface area contributed by atoms with Crippen molar-refractivity contribution in [2.75, 3.05) is 30.5 Å². The van der Waals surface area contributed by atoms with Gasteiger partial charge in [0.1, 0.15) is 0 Å². The van der Waals surface area contributed by atoms with Crippen LogP contribution in [0.25, 0.3) is 0 Å². The van der Waals surface area contributed by atoms with Crippen LogP contribution in [0.15, 0.2) is 0 Å². The molecular formula is C13H23N5OS. The predicted octanol–water partition coefficient (Wildman–Crippen LogP) is 2.40. The number of hydrogen-bond acceptors (Lipinski definition) is 7. The molecule has 1 fully saturated rings. The highest BCUT2D eigenvalue weighted by molar-refractivity contribution is 7.99. The van der Waals surface area contributed by atoms with Gasteiger partial charge in [-0.1, -0.05) is 6.92 Å². The number of nitrogens with one attached hydrogen (secondary N) is 2. The van der Waals surface area contributed by atoms with Crippen molar-refractivity contribution in [2.24, 2.45) is 0 Å². The SMILES string of the molecule is CCCOc1nc(NC)nc(NC2CCC(SC)C2)n1. The fraction of sp³-hybridized carbons (Fsp3) is 0.769. The summed E-state index contributed by atoms with van der Waals surface area (Å²) in [6, 6.07) is 0.826. The van der Waals surface area contributed by atoms with Crippen LogP contribution in [0.3, 0.4) is 0 Å². The van der Waals surface area contributed by atoms with Gasteiger partial charge >= 0.3 is 6.01 Å². The Morgan fingerprint density at radius 1 is 1.25 bits per heavy atom. The molecule has 0 bridgehead atoms. The molecule has 1 aromatic rings. The van der Waals surface area contributed by atoms with E-state index in [0.29, 0.717) is 30.6 Å². The van der Waals surface area contributed by atoms with E-state index in [0.717, 1.165) is 24.5 Å². The average Bonchev–Trinajstić information content (AvgIpc) is 2.92. The van der Waals surface area contributed by atoms with E-state index in [-0.39, 0.29) is 0 Å². The Balaban J connectivity index is 2.02. The summed E-state index contributed by atoms with van der Waals surface area (Å²) in [4.78, 5) is 12.9. The lowest BCUT2D eigenvalue weighted by atomic mass is 10.2. The summed E-state index contributed by atoms with van der Waals surface area (Å²) < 4.78 is 5.50. The number of rotatable bonds is 7. The first-order valence-electron chi connectivity index (χ1n) is 7.11. The second-order valence-electron chi connectivity index (χ2n) is 4.88. The lowest BCUT2D eigenvalue weighted by Gasteiger charge is -2.14. The Bertz CT molecular complexity index is 431. The van der Waals surface area contributed by atoms with Crippen LogP contribution < -0.4 is 15.4 Å². The summed E-state index contributed by atoms with van der Waals surface area (Å²) in [5.74, 6) is 1.13. The quantitative estimate of drug-likeness (QED) is 0.800. The van der Waals surface area contributed by atoms with Crippen molar-refractivity contribution in [3.05, 3.63) is 0 Å². The Morgan fingerprint density at radius 3 is 2.70 bits per heavy atom. The maximum absolute atomic E-state index is 5.50. The van der Waals surface area contributed by atoms with Crippen molar-refractivity contribution in [3.8, 4) is 6.01 Å². The molecule has 0 aliphatic heterocycles. The minimum absolute atomic E-state index is 0.383. The number of nitrogens with zero attached hydrogens (tertiary/aromatic N) is 3. The van der Waals surface area contributed by atoms with Gasteiger partial charge in [0.15, 0.2) is 0 Å². The molecule has 0 radical (unpaired) electrons. The van der Waals surface area contributed by atoms with Crippen LogP contribution in [-0.4, -0.2) is 46.2 Å². The number of thioether (sulfide) groups is 1. The minimum atomic E-state index is 0.383. The summed E-state index contributed by atoms with van der Waals surface area (Å²) in [6.45, 7) is 2.67. The Labute approximate surface area is 124 Å². The molecule has 2 N–H and O–H groups in total. The normalized spacial score (nSPS) is 21.8. The van der Waals surface area contributed by atoms with Crippen molar-refractivity contribution in [2.45, 2.75) is 43.9 Å². The summed E-state index contributed by atoms with van der Waals surface area (Å²) >= 11 is 1.94. The molecule has 0 amide bonds. The van der Waals surface area contributed by atoms with E-state index in [2.05, 4.69) is 38.8 Å². The number of hydrogen-bond donors (Lipinski definition) is 2. The maximum Gasteiger partial charge on any atom is 0.323 e. The van der Waals surface area contributed by atoms with E-state index in [9.17, 15) is 0 Å². The molecule has 20 heavy (non-hydrogen) atoms. The fourth-order valence-electron chi connectivity index (χ4n) is 2.26. The summed E-state index contributed by atoms with van der Waals surface area (Å²) in [5.41, 5.74) is 0. The Hall–Kier alpha value is -1.24. The first-order valence-corrected chi connectivity index (χ1v) is 8.40. The van der Waals surface area contributed by atoms with Gasteiger partial charge in [-0.15, -0.1) is 0 Å². The molecule has 2 rings (SSSR count). The van der Waals surface area contributed by atoms with E-state index in [4.69, 9.17) is 4.74 Å². The second-order valence-corrected chi connectivity index (χ2v) is 6.01. The van der Waals surface area contributed by atoms with Crippen LogP contribution in [0.1, 0.15) is 32.6 Å². The zero-order valence-electron chi connectivity index (χ0n) is 12.3. The second kappa shape index (κ2) is 7.52. The molecule has 112 valence electrons. The maximum atomic E-state index is 5.50. The van der Waals surface area contributed by atoms with E-state index in [1.54, 1.807) is 7.05 Å². The molecule has 0 spiro atoms. The van der Waals surface area contributed by atoms with Crippen LogP contribution in [0.4, 0.5) is 11.9 Å². The van der Waals surface area contributed by atoms with Gasteiger partial charge in [0.05, 0.1) is 6.61 Å². The molecule has 7 heteroatoms. The van der Waals surface area contributed by atoms with Crippen molar-refractivity contribution in [3.63, 3.8) is 0 Å². The van der Waals surface area contributed by atoms with Crippen LogP contribution in [0.2, 0.25) is 0 Å². The van der Waals surface area contributed by atoms with Crippen molar-refractivity contribution in [1.29, 1.82) is 0 Å². The molecule has 2 unspecified atom stereocenters. The van der Waals surface area contributed by atoms with E-state index < -0.39 is 0 Å². The molecule has 2 atom stereocenters. The van der Waals surface area contributed by atoms with Crippen molar-refractivity contribution in [1.82, 2.24) is 15.0 Å². The highest BCUT2D eigenvalue weighted by atomic mass is 32.2. The van der Waals surface area contributed by atoms with Gasteiger partial charge in [-0.2, -0.15) is 26.7 Å². The highest BCUT2D eigenvalue weighted by Crippen LogP contribution is 2.29. The van der Waals surface area contributed by atoms with Gasteiger partial charge in [-0.05, 0) is 31.9 Å². The van der Waals surface area contributed by atoms with E-state index >= 15 is 0 Å². The highest BCUT2D eigenvalue weighted by Gasteiger charge is 2.24. The molecular weight excluding hydrogens is 274 g/mol. The van der Waals surface area contributed by atoms with Crippen LogP contribution in [-0.2, 0) is 0 Å². The van der Waals surface area contributed by atoms with Gasteiger partial charge in [-0.25, -0.2) is 0 Å². The Morgan fingerprint density at radius 2 is 2.05 bits per heavy atom. The molecule has 0 aromatic carbocycles. The van der Waals surface area contributed by atoms with Crippen molar-refractivity contribution >= 4 is 23.7 Å². The minimum Gasteiger partial charge on any atom is -0.463 e. The third-order valence-electron chi connectivity index (χ3n) is 3.32. The number of anilines is 2. The Kier molecular flexibility index (Phi) is 5.70. The first-order chi connectivity index (χ1) is 9.75. The van der Waals surface area contributed by atoms with E-state index in [1.807, 2.05) is 11.8 Å². The average molecular weight is 297 g/mol. The van der Waals surface area contributed by atoms with Gasteiger partial charge in [0, 0.05) is 18.3 Å². The molecule has 0 saturated heterocycles. The third-order valence-corrected chi connectivity index (χ3v) is 4.42.